The van der Waals surface area contributed by atoms with Crippen LogP contribution < -0.4 is 0 Å². The lowest BCUT2D eigenvalue weighted by atomic mass is 9.93. The molecule has 1 unspecified atom stereocenters. The zero-order valence-electron chi connectivity index (χ0n) is 14.2. The molecule has 0 fully saturated rings. The van der Waals surface area contributed by atoms with Crippen LogP contribution in [0.1, 0.15) is 34.6 Å². The van der Waals surface area contributed by atoms with Crippen LogP contribution in [0.3, 0.4) is 0 Å². The highest BCUT2D eigenvalue weighted by atomic mass is 19.1. The Balaban J connectivity index is 1.61. The Kier molecular flexibility index (Phi) is 4.03. The molecule has 1 atom stereocenters. The minimum atomic E-state index is -0.367. The van der Waals surface area contributed by atoms with Gasteiger partial charge in [0.25, 0.3) is 5.91 Å². The Morgan fingerprint density at radius 3 is 2.73 bits per heavy atom. The Labute approximate surface area is 149 Å². The average Bonchev–Trinajstić information content (AvgIpc) is 3.12. The summed E-state index contributed by atoms with van der Waals surface area (Å²) in [7, 11) is 0. The molecule has 0 N–H and O–H groups in total. The molecular weight excluding hydrogens is 336 g/mol. The van der Waals surface area contributed by atoms with Crippen molar-refractivity contribution in [2.24, 2.45) is 0 Å². The zero-order valence-corrected chi connectivity index (χ0v) is 14.2. The van der Waals surface area contributed by atoms with Gasteiger partial charge in [0.2, 0.25) is 0 Å². The Morgan fingerprint density at radius 2 is 1.92 bits per heavy atom. The van der Waals surface area contributed by atoms with Crippen LogP contribution in [0.25, 0.3) is 5.69 Å². The van der Waals surface area contributed by atoms with Crippen molar-refractivity contribution in [3.63, 3.8) is 0 Å². The Morgan fingerprint density at radius 1 is 1.12 bits per heavy atom. The number of nitrogens with zero attached hydrogens (tertiary/aromatic N) is 3. The quantitative estimate of drug-likeness (QED) is 0.701. The van der Waals surface area contributed by atoms with Crippen molar-refractivity contribution < 1.29 is 13.6 Å². The predicted molar refractivity (Wildman–Crippen MR) is 93.1 cm³/mol. The molecule has 1 aliphatic rings. The van der Waals surface area contributed by atoms with Crippen molar-refractivity contribution in [1.29, 1.82) is 0 Å². The minimum Gasteiger partial charge on any atom is -0.330 e. The van der Waals surface area contributed by atoms with Crippen LogP contribution in [0.5, 0.6) is 0 Å². The number of carbonyl (C=O) groups excluding carboxylic acids is 1. The molecule has 0 radical (unpaired) electrons. The van der Waals surface area contributed by atoms with E-state index in [1.165, 1.54) is 28.9 Å². The summed E-state index contributed by atoms with van der Waals surface area (Å²) in [5.41, 5.74) is 2.71. The molecular formula is C20H17F2N3O. The number of fused-ring (bicyclic) bond motifs is 1. The first-order valence-electron chi connectivity index (χ1n) is 8.44. The number of aromatic nitrogens is 2. The first-order chi connectivity index (χ1) is 12.5. The monoisotopic (exact) mass is 353 g/mol. The van der Waals surface area contributed by atoms with Gasteiger partial charge < -0.3 is 4.90 Å². The molecule has 0 bridgehead atoms. The maximum absolute atomic E-state index is 13.6. The van der Waals surface area contributed by atoms with E-state index >= 15 is 0 Å². The maximum Gasteiger partial charge on any atom is 0.274 e. The summed E-state index contributed by atoms with van der Waals surface area (Å²) >= 11 is 0. The molecule has 2 aromatic carbocycles. The minimum absolute atomic E-state index is 0.220. The van der Waals surface area contributed by atoms with E-state index < -0.39 is 0 Å². The Bertz CT molecular complexity index is 983. The van der Waals surface area contributed by atoms with Gasteiger partial charge in [0.15, 0.2) is 5.69 Å². The number of halogens is 2. The number of hydrogen-bond donors (Lipinski definition) is 0. The third kappa shape index (κ3) is 2.87. The van der Waals surface area contributed by atoms with E-state index in [1.807, 2.05) is 6.92 Å². The fraction of sp³-hybridized carbons (Fsp3) is 0.200. The van der Waals surface area contributed by atoms with Crippen LogP contribution in [-0.2, 0) is 6.42 Å². The third-order valence-electron chi connectivity index (χ3n) is 4.79. The van der Waals surface area contributed by atoms with E-state index in [9.17, 15) is 13.6 Å². The molecule has 0 saturated carbocycles. The molecule has 0 spiro atoms. The topological polar surface area (TPSA) is 38.1 Å². The normalized spacial score (nSPS) is 16.4. The molecule has 3 aromatic rings. The van der Waals surface area contributed by atoms with Crippen molar-refractivity contribution >= 4 is 5.91 Å². The van der Waals surface area contributed by atoms with E-state index in [0.717, 1.165) is 11.1 Å². The summed E-state index contributed by atoms with van der Waals surface area (Å²) in [6.45, 7) is 2.43. The Hall–Kier alpha value is -3.02. The molecule has 4 nitrogen and oxygen atoms in total. The standard InChI is InChI=1S/C20H17F2N3O/c1-13-18-12-16(22)6-5-14(18)7-9-24(13)20(26)19-8-10-25(23-19)17-4-2-3-15(21)11-17/h2-6,8,10-13H,7,9H2,1H3. The highest BCUT2D eigenvalue weighted by Crippen LogP contribution is 2.31. The van der Waals surface area contributed by atoms with Crippen LogP contribution >= 0.6 is 0 Å². The van der Waals surface area contributed by atoms with Crippen molar-refractivity contribution in [1.82, 2.24) is 14.7 Å². The number of rotatable bonds is 2. The van der Waals surface area contributed by atoms with Crippen molar-refractivity contribution in [3.05, 3.63) is 83.2 Å². The maximum atomic E-state index is 13.6. The largest absolute Gasteiger partial charge is 0.330 e. The SMILES string of the molecule is CC1c2cc(F)ccc2CCN1C(=O)c1ccn(-c2cccc(F)c2)n1. The average molecular weight is 353 g/mol. The van der Waals surface area contributed by atoms with Gasteiger partial charge >= 0.3 is 0 Å². The number of hydrogen-bond acceptors (Lipinski definition) is 2. The summed E-state index contributed by atoms with van der Waals surface area (Å²) in [5, 5.41) is 4.29. The summed E-state index contributed by atoms with van der Waals surface area (Å²) in [6.07, 6.45) is 2.31. The van der Waals surface area contributed by atoms with Crippen LogP contribution in [0, 0.1) is 11.6 Å². The zero-order chi connectivity index (χ0) is 18.3. The van der Waals surface area contributed by atoms with Crippen molar-refractivity contribution in [2.75, 3.05) is 6.54 Å². The first-order valence-corrected chi connectivity index (χ1v) is 8.44. The van der Waals surface area contributed by atoms with E-state index in [1.54, 1.807) is 35.4 Å². The second kappa shape index (κ2) is 6.37. The van der Waals surface area contributed by atoms with Gasteiger partial charge in [0, 0.05) is 12.7 Å². The molecule has 1 amide bonds. The molecule has 0 aliphatic carbocycles. The van der Waals surface area contributed by atoms with Crippen LogP contribution in [-0.4, -0.2) is 27.1 Å². The molecule has 26 heavy (non-hydrogen) atoms. The van der Waals surface area contributed by atoms with E-state index in [0.29, 0.717) is 18.7 Å². The lowest BCUT2D eigenvalue weighted by Crippen LogP contribution is -2.39. The predicted octanol–water partition coefficient (Wildman–Crippen LogP) is 3.91. The molecule has 1 aromatic heterocycles. The van der Waals surface area contributed by atoms with Gasteiger partial charge in [-0.1, -0.05) is 12.1 Å². The van der Waals surface area contributed by atoms with Gasteiger partial charge in [-0.2, -0.15) is 5.10 Å². The summed E-state index contributed by atoms with van der Waals surface area (Å²) in [5.74, 6) is -0.892. The van der Waals surface area contributed by atoms with Crippen LogP contribution in [0.2, 0.25) is 0 Å². The lowest BCUT2D eigenvalue weighted by Gasteiger charge is -2.34. The van der Waals surface area contributed by atoms with Gasteiger partial charge in [-0.3, -0.25) is 4.79 Å². The second-order valence-electron chi connectivity index (χ2n) is 6.39. The van der Waals surface area contributed by atoms with Crippen LogP contribution in [0.15, 0.2) is 54.7 Å². The van der Waals surface area contributed by atoms with Crippen molar-refractivity contribution in [3.8, 4) is 5.69 Å². The highest BCUT2D eigenvalue weighted by Gasteiger charge is 2.29. The smallest absolute Gasteiger partial charge is 0.274 e. The molecule has 4 rings (SSSR count). The molecule has 1 aliphatic heterocycles. The fourth-order valence-corrected chi connectivity index (χ4v) is 3.41. The van der Waals surface area contributed by atoms with E-state index in [2.05, 4.69) is 5.10 Å². The van der Waals surface area contributed by atoms with Gasteiger partial charge in [0.1, 0.15) is 11.6 Å². The van der Waals surface area contributed by atoms with Crippen LogP contribution in [0.4, 0.5) is 8.78 Å². The fourth-order valence-electron chi connectivity index (χ4n) is 3.41. The summed E-state index contributed by atoms with van der Waals surface area (Å²) in [4.78, 5) is 14.6. The third-order valence-corrected chi connectivity index (χ3v) is 4.79. The molecule has 132 valence electrons. The lowest BCUT2D eigenvalue weighted by molar-refractivity contribution is 0.0670. The second-order valence-corrected chi connectivity index (χ2v) is 6.39. The van der Waals surface area contributed by atoms with E-state index in [-0.39, 0.29) is 29.3 Å². The highest BCUT2D eigenvalue weighted by molar-refractivity contribution is 5.92. The van der Waals surface area contributed by atoms with Gasteiger partial charge in [-0.05, 0) is 60.9 Å². The van der Waals surface area contributed by atoms with Gasteiger partial charge in [0.05, 0.1) is 11.7 Å². The van der Waals surface area contributed by atoms with Gasteiger partial charge in [-0.15, -0.1) is 0 Å². The first kappa shape index (κ1) is 16.4. The molecule has 2 heterocycles. The molecule has 6 heteroatoms. The van der Waals surface area contributed by atoms with E-state index in [4.69, 9.17) is 0 Å². The number of amides is 1. The summed E-state index contributed by atoms with van der Waals surface area (Å²) < 4.78 is 28.5. The van der Waals surface area contributed by atoms with Crippen molar-refractivity contribution in [2.45, 2.75) is 19.4 Å². The number of benzene rings is 2. The van der Waals surface area contributed by atoms with Gasteiger partial charge in [-0.25, -0.2) is 13.5 Å². The molecule has 0 saturated heterocycles. The number of carbonyl (C=O) groups is 1. The summed E-state index contributed by atoms with van der Waals surface area (Å²) in [6, 6.07) is 12.1.